The van der Waals surface area contributed by atoms with Crippen LogP contribution in [0.15, 0.2) is 30.7 Å². The van der Waals surface area contributed by atoms with Crippen LogP contribution in [0.4, 0.5) is 11.8 Å². The standard InChI is InChI=1S/C17H23N5O/c1-12(2)21-16-6-5-13(8-18-16)14-9-19-17(20-10-14)22-7-3-4-15(23)11-22/h5-6,8-10,12,15,23H,3-4,7,11H2,1-2H3,(H,18,21). The van der Waals surface area contributed by atoms with E-state index in [9.17, 15) is 5.11 Å². The van der Waals surface area contributed by atoms with Crippen molar-refractivity contribution in [1.29, 1.82) is 0 Å². The van der Waals surface area contributed by atoms with Crippen LogP contribution in [0.5, 0.6) is 0 Å². The molecular formula is C17H23N5O. The van der Waals surface area contributed by atoms with Gasteiger partial charge in [0.05, 0.1) is 6.10 Å². The first kappa shape index (κ1) is 15.7. The highest BCUT2D eigenvalue weighted by Gasteiger charge is 2.19. The van der Waals surface area contributed by atoms with Gasteiger partial charge in [-0.05, 0) is 38.8 Å². The second-order valence-electron chi connectivity index (χ2n) is 6.24. The summed E-state index contributed by atoms with van der Waals surface area (Å²) in [4.78, 5) is 15.3. The van der Waals surface area contributed by atoms with Gasteiger partial charge in [-0.25, -0.2) is 15.0 Å². The Balaban J connectivity index is 1.71. The van der Waals surface area contributed by atoms with Crippen LogP contribution in [0.3, 0.4) is 0 Å². The summed E-state index contributed by atoms with van der Waals surface area (Å²) in [6.07, 6.45) is 7.01. The van der Waals surface area contributed by atoms with Gasteiger partial charge in [0.25, 0.3) is 0 Å². The van der Waals surface area contributed by atoms with Crippen molar-refractivity contribution in [3.63, 3.8) is 0 Å². The average Bonchev–Trinajstić information content (AvgIpc) is 2.55. The molecule has 23 heavy (non-hydrogen) atoms. The molecule has 1 aliphatic rings. The number of aliphatic hydroxyl groups is 1. The van der Waals surface area contributed by atoms with Gasteiger partial charge in [0.15, 0.2) is 0 Å². The fourth-order valence-electron chi connectivity index (χ4n) is 2.72. The number of rotatable bonds is 4. The first-order valence-corrected chi connectivity index (χ1v) is 8.10. The maximum atomic E-state index is 9.75. The predicted molar refractivity (Wildman–Crippen MR) is 91.5 cm³/mol. The number of aliphatic hydroxyl groups excluding tert-OH is 1. The quantitative estimate of drug-likeness (QED) is 0.902. The van der Waals surface area contributed by atoms with Gasteiger partial charge < -0.3 is 15.3 Å². The van der Waals surface area contributed by atoms with Gasteiger partial charge >= 0.3 is 0 Å². The lowest BCUT2D eigenvalue weighted by Crippen LogP contribution is -2.39. The Bertz CT molecular complexity index is 626. The fraction of sp³-hybridized carbons (Fsp3) is 0.471. The molecule has 1 atom stereocenters. The molecule has 2 aromatic heterocycles. The summed E-state index contributed by atoms with van der Waals surface area (Å²) in [5.41, 5.74) is 1.93. The zero-order chi connectivity index (χ0) is 16.2. The summed E-state index contributed by atoms with van der Waals surface area (Å²) >= 11 is 0. The molecule has 0 amide bonds. The molecule has 0 spiro atoms. The molecule has 2 N–H and O–H groups in total. The van der Waals surface area contributed by atoms with Crippen LogP contribution >= 0.6 is 0 Å². The van der Waals surface area contributed by atoms with E-state index < -0.39 is 0 Å². The molecule has 0 saturated carbocycles. The van der Waals surface area contributed by atoms with E-state index in [1.54, 1.807) is 0 Å². The third kappa shape index (κ3) is 3.96. The molecule has 1 aliphatic heterocycles. The Hall–Kier alpha value is -2.21. The summed E-state index contributed by atoms with van der Waals surface area (Å²) in [5, 5.41) is 13.0. The van der Waals surface area contributed by atoms with Crippen LogP contribution in [-0.4, -0.2) is 45.3 Å². The van der Waals surface area contributed by atoms with E-state index in [0.29, 0.717) is 18.5 Å². The fourth-order valence-corrected chi connectivity index (χ4v) is 2.72. The highest BCUT2D eigenvalue weighted by atomic mass is 16.3. The zero-order valence-corrected chi connectivity index (χ0v) is 13.6. The number of pyridine rings is 1. The SMILES string of the molecule is CC(C)Nc1ccc(-c2cnc(N3CCCC(O)C3)nc2)cn1. The van der Waals surface area contributed by atoms with Crippen LogP contribution in [0.2, 0.25) is 0 Å². The van der Waals surface area contributed by atoms with Crippen LogP contribution in [0.1, 0.15) is 26.7 Å². The predicted octanol–water partition coefficient (Wildman–Crippen LogP) is 2.32. The van der Waals surface area contributed by atoms with Crippen molar-refractivity contribution in [3.05, 3.63) is 30.7 Å². The van der Waals surface area contributed by atoms with Gasteiger partial charge in [-0.2, -0.15) is 0 Å². The topological polar surface area (TPSA) is 74.2 Å². The molecule has 0 radical (unpaired) electrons. The molecule has 1 unspecified atom stereocenters. The summed E-state index contributed by atoms with van der Waals surface area (Å²) in [7, 11) is 0. The normalized spacial score (nSPS) is 18.3. The molecule has 122 valence electrons. The monoisotopic (exact) mass is 313 g/mol. The third-order valence-corrected chi connectivity index (χ3v) is 3.85. The van der Waals surface area contributed by atoms with E-state index in [0.717, 1.165) is 36.3 Å². The number of hydrogen-bond donors (Lipinski definition) is 2. The lowest BCUT2D eigenvalue weighted by molar-refractivity contribution is 0.153. The molecule has 3 rings (SSSR count). The summed E-state index contributed by atoms with van der Waals surface area (Å²) in [5.74, 6) is 1.54. The van der Waals surface area contributed by atoms with Crippen molar-refractivity contribution in [2.75, 3.05) is 23.3 Å². The van der Waals surface area contributed by atoms with Crippen LogP contribution in [0, 0.1) is 0 Å². The van der Waals surface area contributed by atoms with Gasteiger partial charge in [0.1, 0.15) is 5.82 Å². The van der Waals surface area contributed by atoms with Gasteiger partial charge in [0, 0.05) is 48.8 Å². The Morgan fingerprint density at radius 3 is 2.48 bits per heavy atom. The average molecular weight is 313 g/mol. The highest BCUT2D eigenvalue weighted by molar-refractivity contribution is 5.62. The van der Waals surface area contributed by atoms with Crippen LogP contribution < -0.4 is 10.2 Å². The second-order valence-corrected chi connectivity index (χ2v) is 6.24. The van der Waals surface area contributed by atoms with E-state index >= 15 is 0 Å². The maximum absolute atomic E-state index is 9.75. The maximum Gasteiger partial charge on any atom is 0.225 e. The number of piperidine rings is 1. The van der Waals surface area contributed by atoms with Crippen molar-refractivity contribution in [3.8, 4) is 11.1 Å². The molecule has 0 bridgehead atoms. The van der Waals surface area contributed by atoms with Crippen LogP contribution in [-0.2, 0) is 0 Å². The molecule has 2 aromatic rings. The lowest BCUT2D eigenvalue weighted by atomic mass is 10.1. The lowest BCUT2D eigenvalue weighted by Gasteiger charge is -2.29. The van der Waals surface area contributed by atoms with E-state index in [1.165, 1.54) is 0 Å². The second kappa shape index (κ2) is 6.91. The van der Waals surface area contributed by atoms with Gasteiger partial charge in [0.2, 0.25) is 5.95 Å². The number of nitrogens with one attached hydrogen (secondary N) is 1. The summed E-state index contributed by atoms with van der Waals surface area (Å²) < 4.78 is 0. The molecule has 6 nitrogen and oxygen atoms in total. The molecule has 0 aliphatic carbocycles. The Kier molecular flexibility index (Phi) is 4.71. The molecule has 1 fully saturated rings. The highest BCUT2D eigenvalue weighted by Crippen LogP contribution is 2.21. The number of nitrogens with zero attached hydrogens (tertiary/aromatic N) is 4. The molecule has 0 aromatic carbocycles. The molecule has 1 saturated heterocycles. The van der Waals surface area contributed by atoms with Gasteiger partial charge in [-0.1, -0.05) is 0 Å². The van der Waals surface area contributed by atoms with E-state index in [2.05, 4.69) is 34.1 Å². The van der Waals surface area contributed by atoms with E-state index in [4.69, 9.17) is 0 Å². The smallest absolute Gasteiger partial charge is 0.225 e. The number of β-amino-alcohol motifs (C(OH)–C–C–N with tert-alkyl or cyclic N) is 1. The summed E-state index contributed by atoms with van der Waals surface area (Å²) in [6, 6.07) is 4.33. The molecule has 6 heteroatoms. The first-order chi connectivity index (χ1) is 11.1. The Labute approximate surface area is 136 Å². The van der Waals surface area contributed by atoms with Gasteiger partial charge in [-0.3, -0.25) is 0 Å². The van der Waals surface area contributed by atoms with Gasteiger partial charge in [-0.15, -0.1) is 0 Å². The van der Waals surface area contributed by atoms with Crippen molar-refractivity contribution < 1.29 is 5.11 Å². The van der Waals surface area contributed by atoms with Crippen molar-refractivity contribution in [2.45, 2.75) is 38.8 Å². The third-order valence-electron chi connectivity index (χ3n) is 3.85. The number of anilines is 2. The van der Waals surface area contributed by atoms with Crippen molar-refractivity contribution in [1.82, 2.24) is 15.0 Å². The minimum absolute atomic E-state index is 0.280. The van der Waals surface area contributed by atoms with E-state index in [1.807, 2.05) is 35.6 Å². The van der Waals surface area contributed by atoms with E-state index in [-0.39, 0.29) is 6.10 Å². The molecular weight excluding hydrogens is 290 g/mol. The first-order valence-electron chi connectivity index (χ1n) is 8.10. The van der Waals surface area contributed by atoms with Crippen LogP contribution in [0.25, 0.3) is 11.1 Å². The largest absolute Gasteiger partial charge is 0.391 e. The Morgan fingerprint density at radius 2 is 1.87 bits per heavy atom. The minimum atomic E-state index is -0.280. The van der Waals surface area contributed by atoms with Crippen molar-refractivity contribution in [2.24, 2.45) is 0 Å². The minimum Gasteiger partial charge on any atom is -0.391 e. The number of hydrogen-bond acceptors (Lipinski definition) is 6. The summed E-state index contributed by atoms with van der Waals surface area (Å²) in [6.45, 7) is 5.67. The van der Waals surface area contributed by atoms with Crippen molar-refractivity contribution >= 4 is 11.8 Å². The molecule has 3 heterocycles. The zero-order valence-electron chi connectivity index (χ0n) is 13.6. The Morgan fingerprint density at radius 1 is 1.13 bits per heavy atom. The number of aromatic nitrogens is 3.